The van der Waals surface area contributed by atoms with E-state index in [0.29, 0.717) is 22.8 Å². The molecule has 0 aliphatic rings. The van der Waals surface area contributed by atoms with Crippen LogP contribution in [0.1, 0.15) is 6.92 Å². The van der Waals surface area contributed by atoms with Gasteiger partial charge in [-0.25, -0.2) is 4.39 Å². The van der Waals surface area contributed by atoms with Gasteiger partial charge in [0, 0.05) is 0 Å². The largest absolute Gasteiger partial charge is 0.492 e. The summed E-state index contributed by atoms with van der Waals surface area (Å²) in [7, 11) is 0. The Morgan fingerprint density at radius 1 is 1.33 bits per heavy atom. The maximum Gasteiger partial charge on any atom is 0.182 e. The van der Waals surface area contributed by atoms with Crippen molar-refractivity contribution < 1.29 is 9.13 Å². The zero-order valence-corrected chi connectivity index (χ0v) is 12.8. The van der Waals surface area contributed by atoms with Gasteiger partial charge in [0.1, 0.15) is 17.1 Å². The van der Waals surface area contributed by atoms with Crippen molar-refractivity contribution in [2.45, 2.75) is 6.92 Å². The van der Waals surface area contributed by atoms with E-state index in [-0.39, 0.29) is 5.02 Å². The average molecular weight is 323 g/mol. The molecule has 1 heterocycles. The van der Waals surface area contributed by atoms with E-state index in [1.807, 2.05) is 25.1 Å². The Morgan fingerprint density at radius 3 is 2.86 bits per heavy atom. The van der Waals surface area contributed by atoms with Gasteiger partial charge in [-0.2, -0.15) is 0 Å². The molecule has 0 atom stereocenters. The second-order valence-corrected chi connectivity index (χ2v) is 5.24. The molecular weight excluding hydrogens is 311 g/mol. The lowest BCUT2D eigenvalue weighted by molar-refractivity contribution is 0.343. The van der Waals surface area contributed by atoms with Gasteiger partial charge in [-0.1, -0.05) is 17.7 Å². The molecule has 0 saturated carbocycles. The Kier molecular flexibility index (Phi) is 3.69. The van der Waals surface area contributed by atoms with E-state index in [2.05, 4.69) is 4.98 Å². The molecule has 1 N–H and O–H groups in total. The highest BCUT2D eigenvalue weighted by atomic mass is 35.5. The molecule has 6 heteroatoms. The monoisotopic (exact) mass is 322 g/mol. The third-order valence-electron chi connectivity index (χ3n) is 3.14. The number of rotatable bonds is 3. The maximum atomic E-state index is 13.7. The van der Waals surface area contributed by atoms with Gasteiger partial charge in [0.15, 0.2) is 4.77 Å². The van der Waals surface area contributed by atoms with Gasteiger partial charge in [0.25, 0.3) is 0 Å². The van der Waals surface area contributed by atoms with Crippen molar-refractivity contribution in [3.05, 3.63) is 52.0 Å². The smallest absolute Gasteiger partial charge is 0.182 e. The first-order valence-corrected chi connectivity index (χ1v) is 7.22. The van der Waals surface area contributed by atoms with Crippen LogP contribution in [-0.2, 0) is 0 Å². The van der Waals surface area contributed by atoms with Gasteiger partial charge in [-0.3, -0.25) is 4.57 Å². The number of H-pyrrole nitrogens is 1. The molecule has 108 valence electrons. The summed E-state index contributed by atoms with van der Waals surface area (Å²) in [4.78, 5) is 3.11. The zero-order valence-electron chi connectivity index (χ0n) is 11.2. The predicted molar refractivity (Wildman–Crippen MR) is 84.6 cm³/mol. The third-order valence-corrected chi connectivity index (χ3v) is 3.73. The number of benzene rings is 2. The summed E-state index contributed by atoms with van der Waals surface area (Å²) in [5.41, 5.74) is 2.23. The van der Waals surface area contributed by atoms with Crippen molar-refractivity contribution in [2.75, 3.05) is 6.61 Å². The van der Waals surface area contributed by atoms with E-state index in [1.165, 1.54) is 12.1 Å². The van der Waals surface area contributed by atoms with Crippen molar-refractivity contribution in [1.82, 2.24) is 9.55 Å². The number of aromatic amines is 1. The van der Waals surface area contributed by atoms with E-state index >= 15 is 0 Å². The molecule has 0 radical (unpaired) electrons. The van der Waals surface area contributed by atoms with E-state index in [4.69, 9.17) is 28.6 Å². The fraction of sp³-hybridized carbons (Fsp3) is 0.133. The van der Waals surface area contributed by atoms with Crippen LogP contribution in [0.25, 0.3) is 16.7 Å². The lowest BCUT2D eigenvalue weighted by Crippen LogP contribution is -1.95. The van der Waals surface area contributed by atoms with Crippen molar-refractivity contribution in [3.8, 4) is 11.4 Å². The van der Waals surface area contributed by atoms with Crippen LogP contribution < -0.4 is 4.74 Å². The lowest BCUT2D eigenvalue weighted by atomic mass is 10.2. The van der Waals surface area contributed by atoms with Gasteiger partial charge < -0.3 is 9.72 Å². The SMILES string of the molecule is CCOc1cccc2c1[nH]c(=S)n2-c1ccc(Cl)c(F)c1. The summed E-state index contributed by atoms with van der Waals surface area (Å²) >= 11 is 11.1. The number of fused-ring (bicyclic) bond motifs is 1. The molecule has 3 rings (SSSR count). The summed E-state index contributed by atoms with van der Waals surface area (Å²) in [6, 6.07) is 10.2. The number of hydrogen-bond donors (Lipinski definition) is 1. The van der Waals surface area contributed by atoms with Crippen LogP contribution >= 0.6 is 23.8 Å². The topological polar surface area (TPSA) is 29.9 Å². The Labute approximate surface area is 130 Å². The number of nitrogens with zero attached hydrogens (tertiary/aromatic N) is 1. The average Bonchev–Trinajstić information content (AvgIpc) is 2.80. The van der Waals surface area contributed by atoms with Gasteiger partial charge in [-0.15, -0.1) is 0 Å². The summed E-state index contributed by atoms with van der Waals surface area (Å²) < 4.78 is 21.5. The van der Waals surface area contributed by atoms with Crippen LogP contribution in [0.3, 0.4) is 0 Å². The molecule has 21 heavy (non-hydrogen) atoms. The summed E-state index contributed by atoms with van der Waals surface area (Å²) in [5, 5.41) is 0.0834. The van der Waals surface area contributed by atoms with Crippen molar-refractivity contribution in [1.29, 1.82) is 0 Å². The van der Waals surface area contributed by atoms with Crippen molar-refractivity contribution in [3.63, 3.8) is 0 Å². The molecule has 0 fully saturated rings. The van der Waals surface area contributed by atoms with Gasteiger partial charge in [0.2, 0.25) is 0 Å². The second kappa shape index (κ2) is 5.50. The van der Waals surface area contributed by atoms with Gasteiger partial charge >= 0.3 is 0 Å². The van der Waals surface area contributed by atoms with Crippen LogP contribution in [-0.4, -0.2) is 16.2 Å². The number of aromatic nitrogens is 2. The fourth-order valence-electron chi connectivity index (χ4n) is 2.26. The predicted octanol–water partition coefficient (Wildman–Crippen LogP) is 4.88. The molecule has 0 saturated heterocycles. The Morgan fingerprint density at radius 2 is 2.14 bits per heavy atom. The molecule has 0 unspecified atom stereocenters. The highest BCUT2D eigenvalue weighted by molar-refractivity contribution is 7.71. The van der Waals surface area contributed by atoms with E-state index in [9.17, 15) is 4.39 Å². The van der Waals surface area contributed by atoms with Gasteiger partial charge in [0.05, 0.1) is 22.8 Å². The number of imidazole rings is 1. The minimum atomic E-state index is -0.480. The molecule has 3 nitrogen and oxygen atoms in total. The number of nitrogens with one attached hydrogen (secondary N) is 1. The number of ether oxygens (including phenoxy) is 1. The molecule has 0 bridgehead atoms. The molecule has 0 aliphatic carbocycles. The second-order valence-electron chi connectivity index (χ2n) is 4.45. The molecule has 1 aromatic heterocycles. The highest BCUT2D eigenvalue weighted by Crippen LogP contribution is 2.28. The minimum absolute atomic E-state index is 0.0834. The normalized spacial score (nSPS) is 11.0. The first-order chi connectivity index (χ1) is 10.1. The summed E-state index contributed by atoms with van der Waals surface area (Å²) in [6.45, 7) is 2.47. The summed E-state index contributed by atoms with van der Waals surface area (Å²) in [5.74, 6) is 0.237. The first-order valence-electron chi connectivity index (χ1n) is 6.43. The maximum absolute atomic E-state index is 13.7. The molecule has 0 amide bonds. The zero-order chi connectivity index (χ0) is 15.0. The first kappa shape index (κ1) is 14.1. The summed E-state index contributed by atoms with van der Waals surface area (Å²) in [6.07, 6.45) is 0. The molecular formula is C15H12ClFN2OS. The van der Waals surface area contributed by atoms with Crippen LogP contribution in [0.4, 0.5) is 4.39 Å². The van der Waals surface area contributed by atoms with Crippen molar-refractivity contribution >= 4 is 34.9 Å². The van der Waals surface area contributed by atoms with E-state index < -0.39 is 5.82 Å². The van der Waals surface area contributed by atoms with Crippen LogP contribution in [0, 0.1) is 10.6 Å². The van der Waals surface area contributed by atoms with E-state index in [1.54, 1.807) is 10.6 Å². The molecule has 0 spiro atoms. The number of hydrogen-bond acceptors (Lipinski definition) is 2. The van der Waals surface area contributed by atoms with Crippen LogP contribution in [0.15, 0.2) is 36.4 Å². The van der Waals surface area contributed by atoms with Crippen LogP contribution in [0.2, 0.25) is 5.02 Å². The molecule has 0 aliphatic heterocycles. The highest BCUT2D eigenvalue weighted by Gasteiger charge is 2.11. The number of para-hydroxylation sites is 1. The minimum Gasteiger partial charge on any atom is -0.492 e. The Hall–Kier alpha value is -1.85. The van der Waals surface area contributed by atoms with Crippen molar-refractivity contribution in [2.24, 2.45) is 0 Å². The Bertz CT molecular complexity index is 872. The van der Waals surface area contributed by atoms with Gasteiger partial charge in [-0.05, 0) is 49.5 Å². The fourth-order valence-corrected chi connectivity index (χ4v) is 2.68. The molecule has 2 aromatic carbocycles. The lowest BCUT2D eigenvalue weighted by Gasteiger charge is -2.07. The van der Waals surface area contributed by atoms with Crippen LogP contribution in [0.5, 0.6) is 5.75 Å². The molecule has 3 aromatic rings. The third kappa shape index (κ3) is 2.43. The quantitative estimate of drug-likeness (QED) is 0.696. The standard InChI is InChI=1S/C15H12ClFN2OS/c1-2-20-13-5-3-4-12-14(13)18-15(21)19(12)9-6-7-10(16)11(17)8-9/h3-8H,2H2,1H3,(H,18,21). The Balaban J connectivity index is 2.27. The van der Waals surface area contributed by atoms with E-state index in [0.717, 1.165) is 11.0 Å². The number of halogens is 2.